The first-order chi connectivity index (χ1) is 10.2. The Balaban J connectivity index is 2.20. The zero-order chi connectivity index (χ0) is 15.1. The smallest absolute Gasteiger partial charge is 0.325 e. The molecular formula is C15H18N4O2. The van der Waals surface area contributed by atoms with Crippen molar-refractivity contribution in [2.45, 2.75) is 6.92 Å². The van der Waals surface area contributed by atoms with Crippen LogP contribution in [0.3, 0.4) is 0 Å². The van der Waals surface area contributed by atoms with Crippen LogP contribution in [-0.2, 0) is 9.53 Å². The third-order valence-electron chi connectivity index (χ3n) is 2.73. The van der Waals surface area contributed by atoms with E-state index in [0.717, 1.165) is 5.56 Å². The van der Waals surface area contributed by atoms with Crippen LogP contribution in [0.4, 0.5) is 11.6 Å². The number of hydrogen-bond donors (Lipinski definition) is 2. The lowest BCUT2D eigenvalue weighted by Crippen LogP contribution is -2.17. The van der Waals surface area contributed by atoms with Crippen molar-refractivity contribution in [2.24, 2.45) is 0 Å². The van der Waals surface area contributed by atoms with Crippen molar-refractivity contribution in [3.8, 4) is 11.4 Å². The molecule has 1 aromatic carbocycles. The van der Waals surface area contributed by atoms with Crippen molar-refractivity contribution in [3.05, 3.63) is 36.4 Å². The minimum absolute atomic E-state index is 0.0717. The summed E-state index contributed by atoms with van der Waals surface area (Å²) in [5.74, 6) is 1.52. The number of hydrogen-bond acceptors (Lipinski definition) is 6. The molecule has 0 aliphatic rings. The molecule has 0 radical (unpaired) electrons. The van der Waals surface area contributed by atoms with E-state index in [4.69, 9.17) is 4.74 Å². The van der Waals surface area contributed by atoms with Crippen molar-refractivity contribution in [1.82, 2.24) is 9.97 Å². The van der Waals surface area contributed by atoms with Crippen LogP contribution >= 0.6 is 0 Å². The Morgan fingerprint density at radius 1 is 1.19 bits per heavy atom. The summed E-state index contributed by atoms with van der Waals surface area (Å²) in [6.07, 6.45) is 0. The van der Waals surface area contributed by atoms with E-state index in [0.29, 0.717) is 24.1 Å². The molecule has 2 rings (SSSR count). The molecule has 0 fully saturated rings. The summed E-state index contributed by atoms with van der Waals surface area (Å²) >= 11 is 0. The van der Waals surface area contributed by atoms with Gasteiger partial charge in [-0.2, -0.15) is 0 Å². The van der Waals surface area contributed by atoms with Crippen LogP contribution in [0.25, 0.3) is 11.4 Å². The molecule has 0 aliphatic carbocycles. The number of carbonyl (C=O) groups excluding carboxylic acids is 1. The van der Waals surface area contributed by atoms with Gasteiger partial charge < -0.3 is 15.4 Å². The predicted octanol–water partition coefficient (Wildman–Crippen LogP) is 2.16. The molecule has 110 valence electrons. The van der Waals surface area contributed by atoms with Gasteiger partial charge in [0.1, 0.15) is 18.2 Å². The van der Waals surface area contributed by atoms with Crippen molar-refractivity contribution in [3.63, 3.8) is 0 Å². The standard InChI is InChI=1S/C15H18N4O2/c1-3-21-14(20)10-17-13-9-12(16-2)18-15(19-13)11-7-5-4-6-8-11/h4-9H,3,10H2,1-2H3,(H2,16,17,18,19). The van der Waals surface area contributed by atoms with Gasteiger partial charge in [0.05, 0.1) is 6.61 Å². The fourth-order valence-corrected chi connectivity index (χ4v) is 1.76. The molecule has 0 spiro atoms. The van der Waals surface area contributed by atoms with Gasteiger partial charge in [-0.05, 0) is 6.92 Å². The van der Waals surface area contributed by atoms with E-state index in [1.54, 1.807) is 20.0 Å². The number of nitrogens with one attached hydrogen (secondary N) is 2. The predicted molar refractivity (Wildman–Crippen MR) is 82.1 cm³/mol. The maximum Gasteiger partial charge on any atom is 0.325 e. The van der Waals surface area contributed by atoms with Crippen LogP contribution in [-0.4, -0.2) is 36.1 Å². The van der Waals surface area contributed by atoms with E-state index in [1.807, 2.05) is 30.3 Å². The first kappa shape index (κ1) is 14.8. The maximum atomic E-state index is 11.4. The van der Waals surface area contributed by atoms with Crippen LogP contribution < -0.4 is 10.6 Å². The molecule has 1 heterocycles. The van der Waals surface area contributed by atoms with Gasteiger partial charge in [0.15, 0.2) is 5.82 Å². The molecular weight excluding hydrogens is 268 g/mol. The van der Waals surface area contributed by atoms with Gasteiger partial charge in [0.2, 0.25) is 0 Å². The molecule has 0 saturated heterocycles. The first-order valence-electron chi connectivity index (χ1n) is 6.74. The number of ether oxygens (including phenoxy) is 1. The lowest BCUT2D eigenvalue weighted by atomic mass is 10.2. The fourth-order valence-electron chi connectivity index (χ4n) is 1.76. The SMILES string of the molecule is CCOC(=O)CNc1cc(NC)nc(-c2ccccc2)n1. The molecule has 0 unspecified atom stereocenters. The summed E-state index contributed by atoms with van der Waals surface area (Å²) in [6.45, 7) is 2.21. The Labute approximate surface area is 123 Å². The Kier molecular flexibility index (Phi) is 5.09. The van der Waals surface area contributed by atoms with Crippen molar-refractivity contribution >= 4 is 17.6 Å². The minimum Gasteiger partial charge on any atom is -0.465 e. The van der Waals surface area contributed by atoms with Crippen molar-refractivity contribution < 1.29 is 9.53 Å². The summed E-state index contributed by atoms with van der Waals surface area (Å²) in [4.78, 5) is 20.2. The molecule has 1 aromatic heterocycles. The number of benzene rings is 1. The molecule has 6 nitrogen and oxygen atoms in total. The third kappa shape index (κ3) is 4.17. The van der Waals surface area contributed by atoms with Crippen molar-refractivity contribution in [2.75, 3.05) is 30.8 Å². The number of nitrogens with zero attached hydrogens (tertiary/aromatic N) is 2. The topological polar surface area (TPSA) is 76.1 Å². The van der Waals surface area contributed by atoms with Crippen LogP contribution in [0.2, 0.25) is 0 Å². The molecule has 0 saturated carbocycles. The Morgan fingerprint density at radius 2 is 1.90 bits per heavy atom. The highest BCUT2D eigenvalue weighted by atomic mass is 16.5. The highest BCUT2D eigenvalue weighted by molar-refractivity contribution is 5.75. The Hall–Kier alpha value is -2.63. The summed E-state index contributed by atoms with van der Waals surface area (Å²) in [5, 5.41) is 5.93. The fraction of sp³-hybridized carbons (Fsp3) is 0.267. The van der Waals surface area contributed by atoms with E-state index in [2.05, 4.69) is 20.6 Å². The molecule has 2 aromatic rings. The third-order valence-corrected chi connectivity index (χ3v) is 2.73. The second-order valence-corrected chi connectivity index (χ2v) is 4.24. The van der Waals surface area contributed by atoms with Gasteiger partial charge in [-0.3, -0.25) is 4.79 Å². The highest BCUT2D eigenvalue weighted by Crippen LogP contribution is 2.19. The molecule has 2 N–H and O–H groups in total. The minimum atomic E-state index is -0.316. The van der Waals surface area contributed by atoms with Crippen LogP contribution in [0.15, 0.2) is 36.4 Å². The second-order valence-electron chi connectivity index (χ2n) is 4.24. The maximum absolute atomic E-state index is 11.4. The quantitative estimate of drug-likeness (QED) is 0.793. The number of aromatic nitrogens is 2. The van der Waals surface area contributed by atoms with Crippen LogP contribution in [0.1, 0.15) is 6.92 Å². The lowest BCUT2D eigenvalue weighted by Gasteiger charge is -2.09. The van der Waals surface area contributed by atoms with Gasteiger partial charge in [-0.1, -0.05) is 30.3 Å². The first-order valence-corrected chi connectivity index (χ1v) is 6.74. The molecule has 0 aliphatic heterocycles. The van der Waals surface area contributed by atoms with E-state index in [9.17, 15) is 4.79 Å². The second kappa shape index (κ2) is 7.23. The monoisotopic (exact) mass is 286 g/mol. The average molecular weight is 286 g/mol. The summed E-state index contributed by atoms with van der Waals surface area (Å²) < 4.78 is 4.87. The van der Waals surface area contributed by atoms with Gasteiger partial charge in [0, 0.05) is 18.7 Å². The van der Waals surface area contributed by atoms with Gasteiger partial charge in [-0.15, -0.1) is 0 Å². The Bertz CT molecular complexity index is 602. The number of rotatable bonds is 6. The van der Waals surface area contributed by atoms with Crippen LogP contribution in [0.5, 0.6) is 0 Å². The molecule has 21 heavy (non-hydrogen) atoms. The van der Waals surface area contributed by atoms with Gasteiger partial charge in [0.25, 0.3) is 0 Å². The zero-order valence-corrected chi connectivity index (χ0v) is 12.1. The summed E-state index contributed by atoms with van der Waals surface area (Å²) in [7, 11) is 1.78. The molecule has 0 amide bonds. The van der Waals surface area contributed by atoms with E-state index in [-0.39, 0.29) is 12.5 Å². The van der Waals surface area contributed by atoms with E-state index >= 15 is 0 Å². The number of anilines is 2. The highest BCUT2D eigenvalue weighted by Gasteiger charge is 2.07. The van der Waals surface area contributed by atoms with E-state index in [1.165, 1.54) is 0 Å². The largest absolute Gasteiger partial charge is 0.465 e. The lowest BCUT2D eigenvalue weighted by molar-refractivity contribution is -0.140. The Morgan fingerprint density at radius 3 is 2.57 bits per heavy atom. The summed E-state index contributed by atoms with van der Waals surface area (Å²) in [5.41, 5.74) is 0.911. The molecule has 0 bridgehead atoms. The van der Waals surface area contributed by atoms with Crippen LogP contribution in [0, 0.1) is 0 Å². The van der Waals surface area contributed by atoms with E-state index < -0.39 is 0 Å². The zero-order valence-electron chi connectivity index (χ0n) is 12.1. The average Bonchev–Trinajstić information content (AvgIpc) is 2.54. The summed E-state index contributed by atoms with van der Waals surface area (Å²) in [6, 6.07) is 11.4. The van der Waals surface area contributed by atoms with Crippen molar-refractivity contribution in [1.29, 1.82) is 0 Å². The van der Waals surface area contributed by atoms with Gasteiger partial charge in [-0.25, -0.2) is 9.97 Å². The molecule has 6 heteroatoms. The number of carbonyl (C=O) groups is 1. The molecule has 0 atom stereocenters. The normalized spacial score (nSPS) is 10.0. The number of esters is 1. The van der Waals surface area contributed by atoms with Gasteiger partial charge >= 0.3 is 5.97 Å².